The van der Waals surface area contributed by atoms with Crippen LogP contribution in [-0.4, -0.2) is 43.5 Å². The lowest BCUT2D eigenvalue weighted by Crippen LogP contribution is -2.58. The number of carbonyl (C=O) groups excluding carboxylic acids is 1. The molecular weight excluding hydrogens is 226 g/mol. The van der Waals surface area contributed by atoms with E-state index in [1.54, 1.807) is 0 Å². The van der Waals surface area contributed by atoms with Gasteiger partial charge < -0.3 is 10.6 Å². The Labute approximate surface area is 108 Å². The zero-order chi connectivity index (χ0) is 13.3. The molecule has 1 aliphatic heterocycles. The number of anilines is 1. The second kappa shape index (κ2) is 5.08. The summed E-state index contributed by atoms with van der Waals surface area (Å²) in [6.07, 6.45) is 0. The maximum absolute atomic E-state index is 12.4. The van der Waals surface area contributed by atoms with Crippen LogP contribution in [0.15, 0.2) is 18.2 Å². The van der Waals surface area contributed by atoms with Crippen molar-refractivity contribution >= 4 is 11.6 Å². The monoisotopic (exact) mass is 247 g/mol. The van der Waals surface area contributed by atoms with E-state index in [0.717, 1.165) is 18.8 Å². The third kappa shape index (κ3) is 2.40. The first-order valence-electron chi connectivity index (χ1n) is 6.33. The van der Waals surface area contributed by atoms with Gasteiger partial charge >= 0.3 is 0 Å². The topological polar surface area (TPSA) is 49.6 Å². The van der Waals surface area contributed by atoms with Crippen LogP contribution in [0.25, 0.3) is 0 Å². The Morgan fingerprint density at radius 3 is 2.39 bits per heavy atom. The molecule has 0 aromatic heterocycles. The first kappa shape index (κ1) is 13.1. The molecule has 0 spiro atoms. The molecule has 18 heavy (non-hydrogen) atoms. The number of likely N-dealkylation sites (N-methyl/N-ethyl adjacent to an activating group) is 1. The molecule has 4 heteroatoms. The summed E-state index contributed by atoms with van der Waals surface area (Å²) in [5.41, 5.74) is 9.05. The van der Waals surface area contributed by atoms with Gasteiger partial charge in [-0.25, -0.2) is 0 Å². The molecule has 0 saturated carbocycles. The van der Waals surface area contributed by atoms with E-state index < -0.39 is 0 Å². The Morgan fingerprint density at radius 2 is 1.83 bits per heavy atom. The van der Waals surface area contributed by atoms with Crippen LogP contribution in [-0.2, 0) is 4.79 Å². The Morgan fingerprint density at radius 1 is 1.22 bits per heavy atom. The fourth-order valence-electron chi connectivity index (χ4n) is 2.54. The van der Waals surface area contributed by atoms with E-state index in [0.29, 0.717) is 6.54 Å². The molecule has 1 amide bonds. The van der Waals surface area contributed by atoms with Crippen molar-refractivity contribution in [3.05, 3.63) is 29.3 Å². The number of carbonyl (C=O) groups is 1. The fraction of sp³-hybridized carbons (Fsp3) is 0.500. The lowest BCUT2D eigenvalue weighted by atomic mass is 10.1. The van der Waals surface area contributed by atoms with E-state index in [-0.39, 0.29) is 11.9 Å². The molecule has 1 aromatic rings. The predicted molar refractivity (Wildman–Crippen MR) is 73.7 cm³/mol. The number of amides is 1. The SMILES string of the molecule is Cc1cc(C)cc(N2CCN(C)C(CN)C2=O)c1. The van der Waals surface area contributed by atoms with Crippen LogP contribution in [0.3, 0.4) is 0 Å². The Balaban J connectivity index is 2.30. The normalized spacial score (nSPS) is 21.4. The number of hydrogen-bond donors (Lipinski definition) is 1. The van der Waals surface area contributed by atoms with Crippen molar-refractivity contribution in [3.63, 3.8) is 0 Å². The van der Waals surface area contributed by atoms with Crippen molar-refractivity contribution in [3.8, 4) is 0 Å². The highest BCUT2D eigenvalue weighted by Gasteiger charge is 2.32. The highest BCUT2D eigenvalue weighted by Crippen LogP contribution is 2.22. The van der Waals surface area contributed by atoms with Crippen LogP contribution in [0.1, 0.15) is 11.1 Å². The average molecular weight is 247 g/mol. The Bertz CT molecular complexity index is 438. The van der Waals surface area contributed by atoms with E-state index in [1.165, 1.54) is 11.1 Å². The molecule has 2 rings (SSSR count). The number of hydrogen-bond acceptors (Lipinski definition) is 3. The van der Waals surface area contributed by atoms with Gasteiger partial charge in [-0.15, -0.1) is 0 Å². The highest BCUT2D eigenvalue weighted by molar-refractivity contribution is 5.98. The Kier molecular flexibility index (Phi) is 3.68. The standard InChI is InChI=1S/C14H21N3O/c1-10-6-11(2)8-12(7-10)17-5-4-16(3)13(9-15)14(17)18/h6-8,13H,4-5,9,15H2,1-3H3. The highest BCUT2D eigenvalue weighted by atomic mass is 16.2. The zero-order valence-electron chi connectivity index (χ0n) is 11.3. The van der Waals surface area contributed by atoms with Crippen molar-refractivity contribution in [1.29, 1.82) is 0 Å². The maximum Gasteiger partial charge on any atom is 0.245 e. The van der Waals surface area contributed by atoms with Crippen LogP contribution < -0.4 is 10.6 Å². The molecule has 1 unspecified atom stereocenters. The molecule has 0 bridgehead atoms. The van der Waals surface area contributed by atoms with Crippen molar-refractivity contribution in [1.82, 2.24) is 4.90 Å². The minimum Gasteiger partial charge on any atom is -0.328 e. The zero-order valence-corrected chi connectivity index (χ0v) is 11.3. The quantitative estimate of drug-likeness (QED) is 0.845. The molecule has 1 heterocycles. The lowest BCUT2D eigenvalue weighted by molar-refractivity contribution is -0.124. The summed E-state index contributed by atoms with van der Waals surface area (Å²) in [7, 11) is 1.95. The van der Waals surface area contributed by atoms with Crippen molar-refractivity contribution in [2.45, 2.75) is 19.9 Å². The first-order valence-corrected chi connectivity index (χ1v) is 6.33. The maximum atomic E-state index is 12.4. The molecule has 2 N–H and O–H groups in total. The third-order valence-electron chi connectivity index (χ3n) is 3.50. The number of benzene rings is 1. The van der Waals surface area contributed by atoms with Gasteiger partial charge in [-0.1, -0.05) is 6.07 Å². The second-order valence-corrected chi connectivity index (χ2v) is 5.07. The molecule has 1 saturated heterocycles. The summed E-state index contributed by atoms with van der Waals surface area (Å²) in [6.45, 7) is 6.07. The summed E-state index contributed by atoms with van der Waals surface area (Å²) in [6, 6.07) is 6.04. The number of rotatable bonds is 2. The average Bonchev–Trinajstić information content (AvgIpc) is 2.28. The van der Waals surface area contributed by atoms with Gasteiger partial charge in [0.25, 0.3) is 0 Å². The summed E-state index contributed by atoms with van der Waals surface area (Å²) in [5.74, 6) is 0.108. The molecule has 1 aliphatic rings. The number of piperazine rings is 1. The number of aryl methyl sites for hydroxylation is 2. The molecule has 0 radical (unpaired) electrons. The minimum atomic E-state index is -0.195. The van der Waals surface area contributed by atoms with E-state index in [1.807, 2.05) is 16.8 Å². The van der Waals surface area contributed by atoms with Gasteiger partial charge in [0.15, 0.2) is 0 Å². The summed E-state index contributed by atoms with van der Waals surface area (Å²) >= 11 is 0. The second-order valence-electron chi connectivity index (χ2n) is 5.07. The largest absolute Gasteiger partial charge is 0.328 e. The molecule has 1 aromatic carbocycles. The summed E-state index contributed by atoms with van der Waals surface area (Å²) in [5, 5.41) is 0. The summed E-state index contributed by atoms with van der Waals surface area (Å²) in [4.78, 5) is 16.3. The van der Waals surface area contributed by atoms with Crippen LogP contribution in [0.2, 0.25) is 0 Å². The van der Waals surface area contributed by atoms with E-state index in [2.05, 4.69) is 32.0 Å². The molecule has 98 valence electrons. The van der Waals surface area contributed by atoms with Crippen molar-refractivity contribution < 1.29 is 4.79 Å². The van der Waals surface area contributed by atoms with Crippen LogP contribution >= 0.6 is 0 Å². The molecule has 4 nitrogen and oxygen atoms in total. The summed E-state index contributed by atoms with van der Waals surface area (Å²) < 4.78 is 0. The molecule has 0 aliphatic carbocycles. The van der Waals surface area contributed by atoms with Gasteiger partial charge in [0.05, 0.1) is 0 Å². The van der Waals surface area contributed by atoms with Crippen LogP contribution in [0, 0.1) is 13.8 Å². The van der Waals surface area contributed by atoms with Crippen LogP contribution in [0.4, 0.5) is 5.69 Å². The van der Waals surface area contributed by atoms with Crippen molar-refractivity contribution in [2.24, 2.45) is 5.73 Å². The lowest BCUT2D eigenvalue weighted by Gasteiger charge is -2.38. The first-order chi connectivity index (χ1) is 8.52. The van der Waals surface area contributed by atoms with Gasteiger partial charge in [0.1, 0.15) is 6.04 Å². The van der Waals surface area contributed by atoms with E-state index in [9.17, 15) is 4.79 Å². The third-order valence-corrected chi connectivity index (χ3v) is 3.50. The minimum absolute atomic E-state index is 0.108. The van der Waals surface area contributed by atoms with Crippen LogP contribution in [0.5, 0.6) is 0 Å². The van der Waals surface area contributed by atoms with Gasteiger partial charge in [0, 0.05) is 25.3 Å². The smallest absolute Gasteiger partial charge is 0.245 e. The molecular formula is C14H21N3O. The number of nitrogens with two attached hydrogens (primary N) is 1. The Hall–Kier alpha value is -1.39. The molecule has 1 fully saturated rings. The van der Waals surface area contributed by atoms with E-state index >= 15 is 0 Å². The molecule has 1 atom stereocenters. The van der Waals surface area contributed by atoms with E-state index in [4.69, 9.17) is 5.73 Å². The number of nitrogens with zero attached hydrogens (tertiary/aromatic N) is 2. The predicted octanol–water partition coefficient (Wildman–Crippen LogP) is 0.909. The fourth-order valence-corrected chi connectivity index (χ4v) is 2.54. The van der Waals surface area contributed by atoms with Crippen molar-refractivity contribution in [2.75, 3.05) is 31.6 Å². The van der Waals surface area contributed by atoms with Gasteiger partial charge in [-0.05, 0) is 44.2 Å². The van der Waals surface area contributed by atoms with Gasteiger partial charge in [-0.2, -0.15) is 0 Å². The van der Waals surface area contributed by atoms with Gasteiger partial charge in [-0.3, -0.25) is 9.69 Å². The van der Waals surface area contributed by atoms with Gasteiger partial charge in [0.2, 0.25) is 5.91 Å².